The van der Waals surface area contributed by atoms with Crippen LogP contribution in [0.1, 0.15) is 27.7 Å². The van der Waals surface area contributed by atoms with Gasteiger partial charge in [-0.25, -0.2) is 14.2 Å². The van der Waals surface area contributed by atoms with Crippen LogP contribution >= 0.6 is 0 Å². The summed E-state index contributed by atoms with van der Waals surface area (Å²) in [7, 11) is 0. The van der Waals surface area contributed by atoms with Crippen molar-refractivity contribution in [3.63, 3.8) is 0 Å². The van der Waals surface area contributed by atoms with E-state index in [1.54, 1.807) is 4.57 Å². The SMILES string of the molecule is C[C@H](NC(=O)n1c(=O)n(CCN2CCOCC2)c2ccccc21)C(C)(C)C. The van der Waals surface area contributed by atoms with E-state index < -0.39 is 0 Å². The van der Waals surface area contributed by atoms with Crippen molar-refractivity contribution in [1.82, 2.24) is 19.4 Å². The fourth-order valence-electron chi connectivity index (χ4n) is 3.15. The lowest BCUT2D eigenvalue weighted by molar-refractivity contribution is 0.0364. The van der Waals surface area contributed by atoms with E-state index >= 15 is 0 Å². The maximum absolute atomic E-state index is 13.1. The van der Waals surface area contributed by atoms with Gasteiger partial charge in [-0.3, -0.25) is 9.47 Å². The maximum atomic E-state index is 13.1. The van der Waals surface area contributed by atoms with Crippen LogP contribution in [-0.4, -0.2) is 59.0 Å². The van der Waals surface area contributed by atoms with Crippen molar-refractivity contribution in [3.8, 4) is 0 Å². The van der Waals surface area contributed by atoms with Gasteiger partial charge in [0.1, 0.15) is 0 Å². The zero-order valence-electron chi connectivity index (χ0n) is 16.7. The van der Waals surface area contributed by atoms with Crippen LogP contribution in [0.3, 0.4) is 0 Å². The van der Waals surface area contributed by atoms with E-state index in [0.717, 1.165) is 38.4 Å². The molecule has 148 valence electrons. The monoisotopic (exact) mass is 374 g/mol. The van der Waals surface area contributed by atoms with Crippen LogP contribution in [0, 0.1) is 5.41 Å². The normalized spacial score (nSPS) is 17.2. The van der Waals surface area contributed by atoms with E-state index in [2.05, 4.69) is 31.0 Å². The number of nitrogens with one attached hydrogen (secondary N) is 1. The molecule has 1 amide bonds. The molecule has 0 saturated carbocycles. The molecule has 0 bridgehead atoms. The number of imidazole rings is 1. The highest BCUT2D eigenvalue weighted by Gasteiger charge is 2.25. The molecule has 27 heavy (non-hydrogen) atoms. The molecule has 7 nitrogen and oxygen atoms in total. The fourth-order valence-corrected chi connectivity index (χ4v) is 3.15. The van der Waals surface area contributed by atoms with Crippen molar-refractivity contribution in [2.45, 2.75) is 40.3 Å². The summed E-state index contributed by atoms with van der Waals surface area (Å²) < 4.78 is 8.34. The van der Waals surface area contributed by atoms with Crippen LogP contribution in [0.4, 0.5) is 4.79 Å². The van der Waals surface area contributed by atoms with Gasteiger partial charge in [-0.05, 0) is 24.5 Å². The third kappa shape index (κ3) is 4.25. The first-order valence-corrected chi connectivity index (χ1v) is 9.60. The van der Waals surface area contributed by atoms with E-state index in [9.17, 15) is 9.59 Å². The Morgan fingerprint density at radius 3 is 2.41 bits per heavy atom. The number of para-hydroxylation sites is 2. The summed E-state index contributed by atoms with van der Waals surface area (Å²) in [5, 5.41) is 2.97. The number of ether oxygens (including phenoxy) is 1. The van der Waals surface area contributed by atoms with E-state index in [-0.39, 0.29) is 23.2 Å². The molecule has 2 heterocycles. The van der Waals surface area contributed by atoms with E-state index in [4.69, 9.17) is 4.74 Å². The minimum atomic E-state index is -0.372. The van der Waals surface area contributed by atoms with Crippen LogP contribution in [-0.2, 0) is 11.3 Å². The van der Waals surface area contributed by atoms with Crippen LogP contribution < -0.4 is 11.0 Å². The fraction of sp³-hybridized carbons (Fsp3) is 0.600. The number of rotatable bonds is 4. The number of carbonyl (C=O) groups is 1. The minimum absolute atomic E-state index is 0.0626. The van der Waals surface area contributed by atoms with Gasteiger partial charge in [0.05, 0.1) is 24.2 Å². The Labute approximate surface area is 159 Å². The number of amides is 1. The summed E-state index contributed by atoms with van der Waals surface area (Å²) in [5.41, 5.74) is 1.05. The Kier molecular flexibility index (Phi) is 5.72. The van der Waals surface area contributed by atoms with Crippen LogP contribution in [0.2, 0.25) is 0 Å². The summed E-state index contributed by atoms with van der Waals surface area (Å²) >= 11 is 0. The molecule has 1 aromatic heterocycles. The van der Waals surface area contributed by atoms with Crippen molar-refractivity contribution in [2.75, 3.05) is 32.8 Å². The van der Waals surface area contributed by atoms with Gasteiger partial charge in [0.25, 0.3) is 0 Å². The Morgan fingerprint density at radius 1 is 1.15 bits per heavy atom. The molecule has 1 saturated heterocycles. The molecule has 0 unspecified atom stereocenters. The largest absolute Gasteiger partial charge is 0.379 e. The Hall–Kier alpha value is -2.12. The third-order valence-corrected chi connectivity index (χ3v) is 5.42. The molecule has 7 heteroatoms. The Morgan fingerprint density at radius 2 is 1.78 bits per heavy atom. The third-order valence-electron chi connectivity index (χ3n) is 5.42. The van der Waals surface area contributed by atoms with Crippen LogP contribution in [0.25, 0.3) is 11.0 Å². The number of nitrogens with zero attached hydrogens (tertiary/aromatic N) is 3. The molecule has 0 radical (unpaired) electrons. The average Bonchev–Trinajstić information content (AvgIpc) is 2.91. The molecule has 1 aliphatic rings. The highest BCUT2D eigenvalue weighted by molar-refractivity contribution is 5.89. The number of hydrogen-bond acceptors (Lipinski definition) is 4. The van der Waals surface area contributed by atoms with E-state index in [1.165, 1.54) is 4.57 Å². The van der Waals surface area contributed by atoms with Gasteiger partial charge in [-0.15, -0.1) is 0 Å². The van der Waals surface area contributed by atoms with Crippen molar-refractivity contribution < 1.29 is 9.53 Å². The lowest BCUT2D eigenvalue weighted by Crippen LogP contribution is -2.46. The number of hydrogen-bond donors (Lipinski definition) is 1. The van der Waals surface area contributed by atoms with Crippen molar-refractivity contribution in [1.29, 1.82) is 0 Å². The molecule has 3 rings (SSSR count). The van der Waals surface area contributed by atoms with Gasteiger partial charge in [0.2, 0.25) is 0 Å². The summed E-state index contributed by atoms with van der Waals surface area (Å²) in [5.74, 6) is 0. The molecule has 0 spiro atoms. The highest BCUT2D eigenvalue weighted by Crippen LogP contribution is 2.19. The molecule has 1 N–H and O–H groups in total. The molecular formula is C20H30N4O3. The maximum Gasteiger partial charge on any atom is 0.337 e. The molecule has 1 aliphatic heterocycles. The number of aromatic nitrogens is 2. The van der Waals surface area contributed by atoms with Gasteiger partial charge in [0, 0.05) is 32.2 Å². The second-order valence-corrected chi connectivity index (χ2v) is 8.25. The summed E-state index contributed by atoms with van der Waals surface area (Å²) in [6.07, 6.45) is 0. The highest BCUT2D eigenvalue weighted by atomic mass is 16.5. The summed E-state index contributed by atoms with van der Waals surface area (Å²) in [6.45, 7) is 12.7. The smallest absolute Gasteiger partial charge is 0.337 e. The zero-order valence-corrected chi connectivity index (χ0v) is 16.7. The van der Waals surface area contributed by atoms with Gasteiger partial charge in [0.15, 0.2) is 0 Å². The molecule has 1 aromatic carbocycles. The van der Waals surface area contributed by atoms with Gasteiger partial charge in [-0.1, -0.05) is 32.9 Å². The second kappa shape index (κ2) is 7.86. The van der Waals surface area contributed by atoms with Crippen LogP contribution in [0.5, 0.6) is 0 Å². The molecule has 1 fully saturated rings. The first kappa shape index (κ1) is 19.6. The van der Waals surface area contributed by atoms with E-state index in [0.29, 0.717) is 12.1 Å². The number of fused-ring (bicyclic) bond motifs is 1. The quantitative estimate of drug-likeness (QED) is 0.890. The molecule has 2 aromatic rings. The number of benzene rings is 1. The molecular weight excluding hydrogens is 344 g/mol. The molecule has 0 aliphatic carbocycles. The lowest BCUT2D eigenvalue weighted by atomic mass is 9.88. The van der Waals surface area contributed by atoms with Crippen molar-refractivity contribution >= 4 is 17.1 Å². The zero-order chi connectivity index (χ0) is 19.6. The predicted octanol–water partition coefficient (Wildman–Crippen LogP) is 2.13. The van der Waals surface area contributed by atoms with Crippen LogP contribution in [0.15, 0.2) is 29.1 Å². The second-order valence-electron chi connectivity index (χ2n) is 8.25. The Balaban J connectivity index is 1.88. The van der Waals surface area contributed by atoms with Crippen molar-refractivity contribution in [3.05, 3.63) is 34.7 Å². The molecule has 1 atom stereocenters. The average molecular weight is 374 g/mol. The topological polar surface area (TPSA) is 68.5 Å². The van der Waals surface area contributed by atoms with E-state index in [1.807, 2.05) is 31.2 Å². The van der Waals surface area contributed by atoms with Crippen molar-refractivity contribution in [2.24, 2.45) is 5.41 Å². The van der Waals surface area contributed by atoms with Gasteiger partial charge in [-0.2, -0.15) is 0 Å². The summed E-state index contributed by atoms with van der Waals surface area (Å²) in [4.78, 5) is 28.2. The first-order chi connectivity index (χ1) is 12.8. The van der Waals surface area contributed by atoms with Gasteiger partial charge >= 0.3 is 11.7 Å². The Bertz CT molecular complexity index is 856. The first-order valence-electron chi connectivity index (χ1n) is 9.60. The number of morpholine rings is 1. The number of carbonyl (C=O) groups excluding carboxylic acids is 1. The summed E-state index contributed by atoms with van der Waals surface area (Å²) in [6, 6.07) is 7.03. The minimum Gasteiger partial charge on any atom is -0.379 e. The van der Waals surface area contributed by atoms with Gasteiger partial charge < -0.3 is 10.1 Å². The lowest BCUT2D eigenvalue weighted by Gasteiger charge is -2.27. The standard InChI is InChI=1S/C20H30N4O3/c1-15(20(2,3)4)21-18(25)24-17-8-6-5-7-16(17)23(19(24)26)10-9-22-11-13-27-14-12-22/h5-8,15H,9-14H2,1-4H3,(H,21,25)/t15-/m0/s1. The predicted molar refractivity (Wildman–Crippen MR) is 106 cm³/mol.